The summed E-state index contributed by atoms with van der Waals surface area (Å²) in [6, 6.07) is 8.84. The first-order valence-corrected chi connectivity index (χ1v) is 5.86. The molecule has 2 heteroatoms. The second-order valence-electron chi connectivity index (χ2n) is 4.64. The lowest BCUT2D eigenvalue weighted by Gasteiger charge is -2.43. The highest BCUT2D eigenvalue weighted by Gasteiger charge is 2.34. The number of aliphatic hydroxyl groups excluding tert-OH is 1. The van der Waals surface area contributed by atoms with E-state index in [1.807, 2.05) is 0 Å². The van der Waals surface area contributed by atoms with E-state index in [4.69, 9.17) is 0 Å². The third kappa shape index (κ3) is 1.48. The van der Waals surface area contributed by atoms with E-state index in [9.17, 15) is 5.11 Å². The summed E-state index contributed by atoms with van der Waals surface area (Å²) < 4.78 is 0. The van der Waals surface area contributed by atoms with E-state index < -0.39 is 0 Å². The lowest BCUT2D eigenvalue weighted by Crippen LogP contribution is -2.45. The highest BCUT2D eigenvalue weighted by atomic mass is 16.3. The highest BCUT2D eigenvalue weighted by molar-refractivity contribution is 5.33. The van der Waals surface area contributed by atoms with Crippen molar-refractivity contribution in [2.75, 3.05) is 13.1 Å². The van der Waals surface area contributed by atoms with Gasteiger partial charge < -0.3 is 5.11 Å². The predicted molar refractivity (Wildman–Crippen MR) is 59.7 cm³/mol. The molecule has 80 valence electrons. The first-order chi connectivity index (χ1) is 7.36. The van der Waals surface area contributed by atoms with Crippen LogP contribution in [-0.2, 0) is 6.42 Å². The third-order valence-corrected chi connectivity index (χ3v) is 3.75. The maximum absolute atomic E-state index is 10.1. The van der Waals surface area contributed by atoms with Crippen LogP contribution in [0.15, 0.2) is 24.3 Å². The van der Waals surface area contributed by atoms with Crippen LogP contribution in [0.5, 0.6) is 0 Å². The van der Waals surface area contributed by atoms with Crippen LogP contribution < -0.4 is 0 Å². The maximum Gasteiger partial charge on any atom is 0.0737 e. The molecule has 2 unspecified atom stereocenters. The van der Waals surface area contributed by atoms with E-state index in [2.05, 4.69) is 29.2 Å². The molecule has 1 saturated heterocycles. The molecule has 15 heavy (non-hydrogen) atoms. The number of benzene rings is 1. The number of piperidine rings is 1. The van der Waals surface area contributed by atoms with Gasteiger partial charge in [-0.3, -0.25) is 4.90 Å². The van der Waals surface area contributed by atoms with Gasteiger partial charge in [0.05, 0.1) is 12.1 Å². The Kier molecular flexibility index (Phi) is 2.26. The highest BCUT2D eigenvalue weighted by Crippen LogP contribution is 2.36. The SMILES string of the molecule is OC1CCCN2CCc3ccccc3C12. The van der Waals surface area contributed by atoms with Crippen LogP contribution in [0.25, 0.3) is 0 Å². The first kappa shape index (κ1) is 9.37. The fourth-order valence-electron chi connectivity index (χ4n) is 3.01. The Hall–Kier alpha value is -0.860. The molecule has 0 aliphatic carbocycles. The maximum atomic E-state index is 10.1. The molecule has 2 heterocycles. The molecule has 0 spiro atoms. The zero-order chi connectivity index (χ0) is 10.3. The van der Waals surface area contributed by atoms with Gasteiger partial charge in [-0.15, -0.1) is 0 Å². The summed E-state index contributed by atoms with van der Waals surface area (Å²) in [5, 5.41) is 10.1. The van der Waals surface area contributed by atoms with E-state index in [1.165, 1.54) is 11.1 Å². The van der Waals surface area contributed by atoms with Crippen molar-refractivity contribution in [1.29, 1.82) is 0 Å². The number of aliphatic hydroxyl groups is 1. The Morgan fingerprint density at radius 1 is 1.20 bits per heavy atom. The van der Waals surface area contributed by atoms with E-state index >= 15 is 0 Å². The summed E-state index contributed by atoms with van der Waals surface area (Å²) >= 11 is 0. The topological polar surface area (TPSA) is 23.5 Å². The molecule has 2 atom stereocenters. The van der Waals surface area contributed by atoms with Gasteiger partial charge in [-0.1, -0.05) is 24.3 Å². The Bertz CT molecular complexity index is 363. The number of hydrogen-bond acceptors (Lipinski definition) is 2. The van der Waals surface area contributed by atoms with Crippen molar-refractivity contribution in [3.8, 4) is 0 Å². The van der Waals surface area contributed by atoms with Crippen molar-refractivity contribution in [3.05, 3.63) is 35.4 Å². The summed E-state index contributed by atoms with van der Waals surface area (Å²) in [6.45, 7) is 2.26. The van der Waals surface area contributed by atoms with Crippen LogP contribution >= 0.6 is 0 Å². The smallest absolute Gasteiger partial charge is 0.0737 e. The van der Waals surface area contributed by atoms with Crippen molar-refractivity contribution in [2.24, 2.45) is 0 Å². The summed E-state index contributed by atoms with van der Waals surface area (Å²) in [5.74, 6) is 0. The van der Waals surface area contributed by atoms with Crippen LogP contribution in [0, 0.1) is 0 Å². The lowest BCUT2D eigenvalue weighted by atomic mass is 9.85. The first-order valence-electron chi connectivity index (χ1n) is 5.86. The molecule has 3 rings (SSSR count). The summed E-state index contributed by atoms with van der Waals surface area (Å²) in [7, 11) is 0. The minimum Gasteiger partial charge on any atom is -0.391 e. The van der Waals surface area contributed by atoms with Crippen molar-refractivity contribution in [1.82, 2.24) is 4.90 Å². The molecule has 2 nitrogen and oxygen atoms in total. The van der Waals surface area contributed by atoms with Gasteiger partial charge in [0.2, 0.25) is 0 Å². The van der Waals surface area contributed by atoms with Gasteiger partial charge in [0.1, 0.15) is 0 Å². The number of fused-ring (bicyclic) bond motifs is 3. The fourth-order valence-corrected chi connectivity index (χ4v) is 3.01. The zero-order valence-electron chi connectivity index (χ0n) is 8.89. The van der Waals surface area contributed by atoms with Crippen molar-refractivity contribution in [2.45, 2.75) is 31.4 Å². The van der Waals surface area contributed by atoms with Crippen LogP contribution in [0.4, 0.5) is 0 Å². The van der Waals surface area contributed by atoms with Gasteiger partial charge in [0.15, 0.2) is 0 Å². The normalized spacial score (nSPS) is 30.7. The third-order valence-electron chi connectivity index (χ3n) is 3.75. The van der Waals surface area contributed by atoms with Crippen LogP contribution in [0.1, 0.15) is 30.0 Å². The zero-order valence-corrected chi connectivity index (χ0v) is 8.89. The molecule has 1 fully saturated rings. The van der Waals surface area contributed by atoms with Crippen LogP contribution in [-0.4, -0.2) is 29.2 Å². The molecule has 0 radical (unpaired) electrons. The monoisotopic (exact) mass is 203 g/mol. The molecule has 2 aliphatic heterocycles. The quantitative estimate of drug-likeness (QED) is 0.694. The molecule has 1 N–H and O–H groups in total. The van der Waals surface area contributed by atoms with Gasteiger partial charge >= 0.3 is 0 Å². The lowest BCUT2D eigenvalue weighted by molar-refractivity contribution is 0.00435. The Morgan fingerprint density at radius 3 is 3.00 bits per heavy atom. The molecule has 0 saturated carbocycles. The van der Waals surface area contributed by atoms with Crippen LogP contribution in [0.2, 0.25) is 0 Å². The summed E-state index contributed by atoms with van der Waals surface area (Å²) in [6.07, 6.45) is 3.06. The average Bonchev–Trinajstić information content (AvgIpc) is 2.29. The van der Waals surface area contributed by atoms with E-state index in [-0.39, 0.29) is 12.1 Å². The number of nitrogens with zero attached hydrogens (tertiary/aromatic N) is 1. The second-order valence-corrected chi connectivity index (χ2v) is 4.64. The van der Waals surface area contributed by atoms with Gasteiger partial charge in [-0.05, 0) is 36.9 Å². The second kappa shape index (κ2) is 3.62. The molecular formula is C13H17NO. The Morgan fingerprint density at radius 2 is 2.07 bits per heavy atom. The minimum absolute atomic E-state index is 0.166. The minimum atomic E-state index is -0.166. The van der Waals surface area contributed by atoms with Gasteiger partial charge in [-0.25, -0.2) is 0 Å². The Balaban J connectivity index is 2.02. The average molecular weight is 203 g/mol. The number of rotatable bonds is 0. The molecule has 1 aromatic rings. The number of hydrogen-bond donors (Lipinski definition) is 1. The van der Waals surface area contributed by atoms with Gasteiger partial charge in [0, 0.05) is 6.54 Å². The van der Waals surface area contributed by atoms with Crippen molar-refractivity contribution in [3.63, 3.8) is 0 Å². The molecule has 0 amide bonds. The van der Waals surface area contributed by atoms with Crippen molar-refractivity contribution < 1.29 is 5.11 Å². The Labute approximate surface area is 90.5 Å². The molecule has 0 aromatic heterocycles. The van der Waals surface area contributed by atoms with E-state index in [1.54, 1.807) is 0 Å². The molecule has 2 aliphatic rings. The fraction of sp³-hybridized carbons (Fsp3) is 0.538. The van der Waals surface area contributed by atoms with Gasteiger partial charge in [0.25, 0.3) is 0 Å². The summed E-state index contributed by atoms with van der Waals surface area (Å²) in [4.78, 5) is 2.44. The molecule has 1 aromatic carbocycles. The summed E-state index contributed by atoms with van der Waals surface area (Å²) in [5.41, 5.74) is 2.79. The predicted octanol–water partition coefficient (Wildman–Crippen LogP) is 1.74. The molecule has 0 bridgehead atoms. The van der Waals surface area contributed by atoms with Crippen LogP contribution in [0.3, 0.4) is 0 Å². The standard InChI is InChI=1S/C13H17NO/c15-12-6-3-8-14-9-7-10-4-1-2-5-11(10)13(12)14/h1-2,4-5,12-13,15H,3,6-9H2. The largest absolute Gasteiger partial charge is 0.391 e. The van der Waals surface area contributed by atoms with Gasteiger partial charge in [-0.2, -0.15) is 0 Å². The van der Waals surface area contributed by atoms with E-state index in [0.717, 1.165) is 32.4 Å². The molecular weight excluding hydrogens is 186 g/mol. The van der Waals surface area contributed by atoms with E-state index in [0.29, 0.717) is 0 Å². The van der Waals surface area contributed by atoms with Crippen molar-refractivity contribution >= 4 is 0 Å².